The first-order chi connectivity index (χ1) is 9.52. The summed E-state index contributed by atoms with van der Waals surface area (Å²) in [6.07, 6.45) is 1.12. The zero-order chi connectivity index (χ0) is 14.7. The molecule has 20 heavy (non-hydrogen) atoms. The lowest BCUT2D eigenvalue weighted by molar-refractivity contribution is -0.123. The van der Waals surface area contributed by atoms with Crippen LogP contribution >= 0.6 is 0 Å². The number of ether oxygens (including phenoxy) is 1. The van der Waals surface area contributed by atoms with E-state index >= 15 is 0 Å². The fourth-order valence-electron chi connectivity index (χ4n) is 2.35. The van der Waals surface area contributed by atoms with E-state index in [1.807, 2.05) is 0 Å². The molecule has 2 amide bonds. The molecule has 0 spiro atoms. The molecular formula is C14H18N2O4. The number of phenols is 1. The van der Waals surface area contributed by atoms with Gasteiger partial charge in [-0.15, -0.1) is 0 Å². The van der Waals surface area contributed by atoms with Crippen molar-refractivity contribution in [1.82, 2.24) is 4.90 Å². The topological polar surface area (TPSA) is 92.9 Å². The molecule has 0 aliphatic carbocycles. The van der Waals surface area contributed by atoms with Crippen molar-refractivity contribution < 1.29 is 19.4 Å². The predicted octanol–water partition coefficient (Wildman–Crippen LogP) is 0.738. The maximum atomic E-state index is 12.4. The van der Waals surface area contributed by atoms with Crippen LogP contribution in [0, 0.1) is 5.92 Å². The summed E-state index contributed by atoms with van der Waals surface area (Å²) < 4.78 is 5.05. The van der Waals surface area contributed by atoms with Gasteiger partial charge >= 0.3 is 0 Å². The van der Waals surface area contributed by atoms with Crippen LogP contribution in [0.15, 0.2) is 18.2 Å². The van der Waals surface area contributed by atoms with Gasteiger partial charge in [0.25, 0.3) is 5.91 Å². The highest BCUT2D eigenvalue weighted by Crippen LogP contribution is 2.26. The van der Waals surface area contributed by atoms with Gasteiger partial charge in [0.2, 0.25) is 5.91 Å². The third-order valence-corrected chi connectivity index (χ3v) is 3.62. The number of hydrogen-bond acceptors (Lipinski definition) is 4. The minimum absolute atomic E-state index is 0.0761. The van der Waals surface area contributed by atoms with Crippen molar-refractivity contribution in [2.75, 3.05) is 20.2 Å². The lowest BCUT2D eigenvalue weighted by Crippen LogP contribution is -2.41. The molecule has 108 valence electrons. The molecule has 3 N–H and O–H groups in total. The van der Waals surface area contributed by atoms with Crippen LogP contribution in [-0.2, 0) is 4.79 Å². The lowest BCUT2D eigenvalue weighted by Gasteiger charge is -2.30. The molecule has 0 aromatic heterocycles. The van der Waals surface area contributed by atoms with E-state index in [-0.39, 0.29) is 29.0 Å². The maximum absolute atomic E-state index is 12.4. The smallest absolute Gasteiger partial charge is 0.257 e. The Morgan fingerprint density at radius 1 is 1.35 bits per heavy atom. The summed E-state index contributed by atoms with van der Waals surface area (Å²) in [5.41, 5.74) is 5.47. The summed E-state index contributed by atoms with van der Waals surface area (Å²) >= 11 is 0. The summed E-state index contributed by atoms with van der Waals surface area (Å²) in [6, 6.07) is 4.53. The highest BCUT2D eigenvalue weighted by atomic mass is 16.5. The van der Waals surface area contributed by atoms with Gasteiger partial charge in [-0.1, -0.05) is 0 Å². The van der Waals surface area contributed by atoms with E-state index < -0.39 is 0 Å². The molecule has 1 fully saturated rings. The first kappa shape index (κ1) is 14.2. The number of aromatic hydroxyl groups is 1. The molecule has 6 nitrogen and oxygen atoms in total. The van der Waals surface area contributed by atoms with Crippen molar-refractivity contribution in [1.29, 1.82) is 0 Å². The molecule has 1 heterocycles. The Morgan fingerprint density at radius 2 is 2.00 bits per heavy atom. The van der Waals surface area contributed by atoms with Crippen LogP contribution in [0.1, 0.15) is 23.2 Å². The van der Waals surface area contributed by atoms with Gasteiger partial charge in [0.05, 0.1) is 12.7 Å². The molecule has 0 atom stereocenters. The molecule has 1 aromatic rings. The Balaban J connectivity index is 2.11. The van der Waals surface area contributed by atoms with Crippen molar-refractivity contribution in [3.05, 3.63) is 23.8 Å². The monoisotopic (exact) mass is 278 g/mol. The second-order valence-electron chi connectivity index (χ2n) is 4.85. The number of amides is 2. The summed E-state index contributed by atoms with van der Waals surface area (Å²) in [6.45, 7) is 0.923. The number of carbonyl (C=O) groups excluding carboxylic acids is 2. The number of methoxy groups -OCH3 is 1. The second kappa shape index (κ2) is 5.81. The van der Waals surface area contributed by atoms with Gasteiger partial charge in [0.15, 0.2) is 0 Å². The van der Waals surface area contributed by atoms with Crippen molar-refractivity contribution >= 4 is 11.8 Å². The van der Waals surface area contributed by atoms with Gasteiger partial charge in [0.1, 0.15) is 11.5 Å². The Hall–Kier alpha value is -2.24. The first-order valence-electron chi connectivity index (χ1n) is 6.48. The average Bonchev–Trinajstić information content (AvgIpc) is 2.47. The minimum atomic E-state index is -0.318. The summed E-state index contributed by atoms with van der Waals surface area (Å²) in [7, 11) is 1.50. The lowest BCUT2D eigenvalue weighted by atomic mass is 9.96. The van der Waals surface area contributed by atoms with E-state index in [0.717, 1.165) is 0 Å². The summed E-state index contributed by atoms with van der Waals surface area (Å²) in [4.78, 5) is 25.1. The van der Waals surface area contributed by atoms with Gasteiger partial charge in [-0.3, -0.25) is 9.59 Å². The summed E-state index contributed by atoms with van der Waals surface area (Å²) in [5, 5.41) is 9.79. The number of nitrogens with zero attached hydrogens (tertiary/aromatic N) is 1. The summed E-state index contributed by atoms with van der Waals surface area (Å²) in [5.74, 6) is -0.311. The van der Waals surface area contributed by atoms with E-state index in [1.54, 1.807) is 11.0 Å². The van der Waals surface area contributed by atoms with Crippen molar-refractivity contribution in [2.45, 2.75) is 12.8 Å². The van der Waals surface area contributed by atoms with Crippen LogP contribution in [-0.4, -0.2) is 42.0 Å². The highest BCUT2D eigenvalue weighted by molar-refractivity contribution is 5.97. The normalized spacial score (nSPS) is 15.9. The molecule has 1 aliphatic heterocycles. The van der Waals surface area contributed by atoms with Gasteiger partial charge in [0, 0.05) is 19.0 Å². The fraction of sp³-hybridized carbons (Fsp3) is 0.429. The Kier molecular flexibility index (Phi) is 4.12. The molecule has 1 saturated heterocycles. The number of primary amides is 1. The van der Waals surface area contributed by atoms with E-state index in [4.69, 9.17) is 10.5 Å². The second-order valence-corrected chi connectivity index (χ2v) is 4.85. The Bertz CT molecular complexity index is 522. The van der Waals surface area contributed by atoms with E-state index in [1.165, 1.54) is 19.2 Å². The Morgan fingerprint density at radius 3 is 2.55 bits per heavy atom. The molecule has 0 saturated carbocycles. The molecule has 0 unspecified atom stereocenters. The SMILES string of the molecule is COc1ccc(O)c(C(=O)N2CCC(C(N)=O)CC2)c1. The number of benzene rings is 1. The van der Waals surface area contributed by atoms with Crippen molar-refractivity contribution in [3.8, 4) is 11.5 Å². The molecule has 6 heteroatoms. The van der Waals surface area contributed by atoms with Crippen molar-refractivity contribution in [3.63, 3.8) is 0 Å². The number of rotatable bonds is 3. The van der Waals surface area contributed by atoms with Crippen molar-refractivity contribution in [2.24, 2.45) is 11.7 Å². The minimum Gasteiger partial charge on any atom is -0.507 e. The zero-order valence-electron chi connectivity index (χ0n) is 11.3. The average molecular weight is 278 g/mol. The van der Waals surface area contributed by atoms with Crippen LogP contribution < -0.4 is 10.5 Å². The van der Waals surface area contributed by atoms with Crippen LogP contribution in [0.2, 0.25) is 0 Å². The van der Waals surface area contributed by atoms with Gasteiger partial charge in [-0.25, -0.2) is 0 Å². The van der Waals surface area contributed by atoms with Gasteiger partial charge < -0.3 is 20.5 Å². The van der Waals surface area contributed by atoms with E-state index in [9.17, 15) is 14.7 Å². The molecular weight excluding hydrogens is 260 g/mol. The van der Waals surface area contributed by atoms with E-state index in [2.05, 4.69) is 0 Å². The van der Waals surface area contributed by atoms with Crippen LogP contribution in [0.25, 0.3) is 0 Å². The maximum Gasteiger partial charge on any atom is 0.257 e. The highest BCUT2D eigenvalue weighted by Gasteiger charge is 2.27. The Labute approximate surface area is 117 Å². The molecule has 1 aromatic carbocycles. The fourth-order valence-corrected chi connectivity index (χ4v) is 2.35. The zero-order valence-corrected chi connectivity index (χ0v) is 11.3. The van der Waals surface area contributed by atoms with Crippen LogP contribution in [0.3, 0.4) is 0 Å². The quantitative estimate of drug-likeness (QED) is 0.852. The van der Waals surface area contributed by atoms with Gasteiger partial charge in [-0.2, -0.15) is 0 Å². The van der Waals surface area contributed by atoms with Crippen LogP contribution in [0.4, 0.5) is 0 Å². The number of nitrogens with two attached hydrogens (primary N) is 1. The third-order valence-electron chi connectivity index (χ3n) is 3.62. The van der Waals surface area contributed by atoms with Crippen LogP contribution in [0.5, 0.6) is 11.5 Å². The molecule has 0 bridgehead atoms. The first-order valence-corrected chi connectivity index (χ1v) is 6.48. The largest absolute Gasteiger partial charge is 0.507 e. The number of carbonyl (C=O) groups is 2. The van der Waals surface area contributed by atoms with Gasteiger partial charge in [-0.05, 0) is 31.0 Å². The number of piperidine rings is 1. The third kappa shape index (κ3) is 2.84. The standard InChI is InChI=1S/C14H18N2O4/c1-20-10-2-3-12(17)11(8-10)14(19)16-6-4-9(5-7-16)13(15)18/h2-3,8-9,17H,4-7H2,1H3,(H2,15,18). The number of phenolic OH excluding ortho intramolecular Hbond substituents is 1. The molecule has 1 aliphatic rings. The number of likely N-dealkylation sites (tertiary alicyclic amines) is 1. The number of hydrogen-bond donors (Lipinski definition) is 2. The predicted molar refractivity (Wildman–Crippen MR) is 72.5 cm³/mol. The van der Waals surface area contributed by atoms with E-state index in [0.29, 0.717) is 31.7 Å². The molecule has 2 rings (SSSR count). The molecule has 0 radical (unpaired) electrons.